The number of aliphatic carboxylic acids is 2. The summed E-state index contributed by atoms with van der Waals surface area (Å²) >= 11 is 4.85. The average molecular weight is 452 g/mol. The number of nitrogens with two attached hydrogens (primary N) is 1. The largest absolute Gasteiger partial charge is 0.480 e. The molecule has 2 rings (SSSR count). The van der Waals surface area contributed by atoms with E-state index in [9.17, 15) is 19.2 Å². The van der Waals surface area contributed by atoms with Crippen molar-refractivity contribution < 1.29 is 29.4 Å². The highest BCUT2D eigenvalue weighted by molar-refractivity contribution is 7.80. The van der Waals surface area contributed by atoms with Crippen molar-refractivity contribution in [2.45, 2.75) is 52.6 Å². The van der Waals surface area contributed by atoms with Crippen molar-refractivity contribution in [3.63, 3.8) is 0 Å². The van der Waals surface area contributed by atoms with Crippen LogP contribution in [0.2, 0.25) is 0 Å². The lowest BCUT2D eigenvalue weighted by atomic mass is 9.95. The number of thiocarbonyl (C=S) groups is 1. The molecule has 0 bridgehead atoms. The van der Waals surface area contributed by atoms with Crippen molar-refractivity contribution in [2.24, 2.45) is 11.1 Å². The maximum absolute atomic E-state index is 11.8. The van der Waals surface area contributed by atoms with Crippen molar-refractivity contribution in [1.82, 2.24) is 4.90 Å². The molecule has 0 spiro atoms. The molecule has 1 saturated heterocycles. The van der Waals surface area contributed by atoms with Gasteiger partial charge in [0.25, 0.3) is 0 Å². The van der Waals surface area contributed by atoms with Crippen LogP contribution < -0.4 is 11.1 Å². The molecule has 1 aromatic rings. The van der Waals surface area contributed by atoms with Gasteiger partial charge in [0, 0.05) is 29.3 Å². The Labute approximate surface area is 186 Å². The van der Waals surface area contributed by atoms with Crippen LogP contribution in [0.5, 0.6) is 0 Å². The number of carboxylic acid groups (broad SMARTS) is 2. The van der Waals surface area contributed by atoms with Crippen LogP contribution in [0.3, 0.4) is 0 Å². The third-order valence-corrected chi connectivity index (χ3v) is 4.80. The van der Waals surface area contributed by atoms with Crippen molar-refractivity contribution in [3.05, 3.63) is 29.8 Å². The standard InChI is InChI=1S/C14H20N2O3.C7H9NO3S/c1-14(2,3)13(19)16-10-6-4-9(5-7-10)8-11(15)12(17)18;1-4(9)8-3-5(12)2-6(8)7(10)11/h4-7,11H,8,15H2,1-3H3,(H,16,19)(H,17,18);6H,2-3H2,1H3,(H,10,11)/t11-;6-/m00/s1. The molecule has 31 heavy (non-hydrogen) atoms. The van der Waals surface area contributed by atoms with Gasteiger partial charge in [0.05, 0.1) is 6.54 Å². The van der Waals surface area contributed by atoms with E-state index >= 15 is 0 Å². The van der Waals surface area contributed by atoms with E-state index in [0.717, 1.165) is 5.56 Å². The number of nitrogens with zero attached hydrogens (tertiary/aromatic N) is 1. The van der Waals surface area contributed by atoms with Gasteiger partial charge in [-0.05, 0) is 24.1 Å². The van der Waals surface area contributed by atoms with Gasteiger partial charge in [0.1, 0.15) is 12.1 Å². The number of nitrogens with one attached hydrogen (secondary N) is 1. The van der Waals surface area contributed by atoms with Crippen molar-refractivity contribution >= 4 is 46.5 Å². The maximum Gasteiger partial charge on any atom is 0.326 e. The molecular weight excluding hydrogens is 422 g/mol. The molecule has 1 fully saturated rings. The molecule has 0 aliphatic carbocycles. The van der Waals surface area contributed by atoms with Crippen LogP contribution in [0.25, 0.3) is 0 Å². The fraction of sp³-hybridized carbons (Fsp3) is 0.476. The van der Waals surface area contributed by atoms with Crippen molar-refractivity contribution in [1.29, 1.82) is 0 Å². The van der Waals surface area contributed by atoms with E-state index in [1.165, 1.54) is 11.8 Å². The monoisotopic (exact) mass is 451 g/mol. The predicted molar refractivity (Wildman–Crippen MR) is 120 cm³/mol. The molecule has 5 N–H and O–H groups in total. The van der Waals surface area contributed by atoms with E-state index < -0.39 is 29.4 Å². The Kier molecular flexibility index (Phi) is 9.26. The molecule has 170 valence electrons. The third kappa shape index (κ3) is 8.42. The van der Waals surface area contributed by atoms with E-state index in [-0.39, 0.29) is 18.2 Å². The second-order valence-electron chi connectivity index (χ2n) is 8.29. The molecule has 0 unspecified atom stereocenters. The summed E-state index contributed by atoms with van der Waals surface area (Å²) in [4.78, 5) is 45.9. The minimum absolute atomic E-state index is 0.0671. The lowest BCUT2D eigenvalue weighted by Crippen LogP contribution is -2.39. The summed E-state index contributed by atoms with van der Waals surface area (Å²) in [6.45, 7) is 7.17. The highest BCUT2D eigenvalue weighted by Crippen LogP contribution is 2.18. The fourth-order valence-corrected chi connectivity index (χ4v) is 2.92. The van der Waals surface area contributed by atoms with E-state index in [0.29, 0.717) is 23.5 Å². The molecule has 10 heteroatoms. The van der Waals surface area contributed by atoms with Gasteiger partial charge >= 0.3 is 11.9 Å². The second kappa shape index (κ2) is 11.0. The predicted octanol–water partition coefficient (Wildman–Crippen LogP) is 1.69. The van der Waals surface area contributed by atoms with Crippen molar-refractivity contribution in [3.8, 4) is 0 Å². The average Bonchev–Trinajstić information content (AvgIpc) is 3.05. The first-order valence-electron chi connectivity index (χ1n) is 9.63. The van der Waals surface area contributed by atoms with E-state index in [1.807, 2.05) is 20.8 Å². The van der Waals surface area contributed by atoms with Crippen LogP contribution in [0, 0.1) is 5.41 Å². The Morgan fingerprint density at radius 3 is 2.13 bits per heavy atom. The fourth-order valence-electron chi connectivity index (χ4n) is 2.63. The molecule has 1 aliphatic rings. The van der Waals surface area contributed by atoms with E-state index in [4.69, 9.17) is 28.2 Å². The number of likely N-dealkylation sites (tertiary alicyclic amines) is 1. The molecule has 1 aliphatic heterocycles. The molecule has 0 radical (unpaired) electrons. The number of benzene rings is 1. The Morgan fingerprint density at radius 2 is 1.74 bits per heavy atom. The first-order valence-corrected chi connectivity index (χ1v) is 10.0. The number of carboxylic acids is 2. The van der Waals surface area contributed by atoms with Crippen LogP contribution in [0.15, 0.2) is 24.3 Å². The number of hydrogen-bond acceptors (Lipinski definition) is 6. The molecule has 2 amide bonds. The zero-order valence-electron chi connectivity index (χ0n) is 18.0. The van der Waals surface area contributed by atoms with Crippen LogP contribution in [0.4, 0.5) is 5.69 Å². The van der Waals surface area contributed by atoms with Gasteiger partial charge in [-0.2, -0.15) is 0 Å². The number of amides is 2. The highest BCUT2D eigenvalue weighted by Gasteiger charge is 2.35. The highest BCUT2D eigenvalue weighted by atomic mass is 32.1. The quantitative estimate of drug-likeness (QED) is 0.494. The summed E-state index contributed by atoms with van der Waals surface area (Å²) in [5.41, 5.74) is 6.51. The Hall–Kier alpha value is -2.85. The van der Waals surface area contributed by atoms with Crippen LogP contribution >= 0.6 is 12.2 Å². The second-order valence-corrected chi connectivity index (χ2v) is 8.87. The Bertz CT molecular complexity index is 824. The van der Waals surface area contributed by atoms with Gasteiger partial charge in [0.2, 0.25) is 11.8 Å². The normalized spacial score (nSPS) is 16.7. The van der Waals surface area contributed by atoms with Gasteiger partial charge in [-0.1, -0.05) is 45.1 Å². The molecule has 1 aromatic carbocycles. The summed E-state index contributed by atoms with van der Waals surface area (Å²) in [6, 6.07) is 5.37. The Balaban J connectivity index is 0.000000343. The molecule has 0 saturated carbocycles. The number of rotatable bonds is 5. The number of hydrogen-bond donors (Lipinski definition) is 4. The van der Waals surface area contributed by atoms with Gasteiger partial charge in [-0.15, -0.1) is 0 Å². The molecule has 9 nitrogen and oxygen atoms in total. The minimum atomic E-state index is -1.02. The van der Waals surface area contributed by atoms with E-state index in [1.54, 1.807) is 24.3 Å². The zero-order valence-corrected chi connectivity index (χ0v) is 18.9. The summed E-state index contributed by atoms with van der Waals surface area (Å²) in [7, 11) is 0. The molecule has 2 atom stereocenters. The maximum atomic E-state index is 11.8. The lowest BCUT2D eigenvalue weighted by molar-refractivity contribution is -0.147. The summed E-state index contributed by atoms with van der Waals surface area (Å²) in [6.07, 6.45) is 0.576. The number of carbonyl (C=O) groups excluding carboxylic acids is 2. The summed E-state index contributed by atoms with van der Waals surface area (Å²) in [5.74, 6) is -2.31. The molecule has 0 aromatic heterocycles. The number of anilines is 1. The molecule has 1 heterocycles. The van der Waals surface area contributed by atoms with Crippen LogP contribution in [-0.2, 0) is 25.6 Å². The SMILES string of the molecule is CC(=O)N1CC(=S)C[C@H]1C(=O)O.CC(C)(C)C(=O)Nc1ccc(C[C@H](N)C(=O)O)cc1. The smallest absolute Gasteiger partial charge is 0.326 e. The first-order chi connectivity index (χ1) is 14.2. The van der Waals surface area contributed by atoms with Crippen molar-refractivity contribution in [2.75, 3.05) is 11.9 Å². The number of carbonyl (C=O) groups is 4. The summed E-state index contributed by atoms with van der Waals surface area (Å²) < 4.78 is 0. The Morgan fingerprint density at radius 1 is 1.19 bits per heavy atom. The lowest BCUT2D eigenvalue weighted by Gasteiger charge is -2.18. The first kappa shape index (κ1) is 26.2. The zero-order chi connectivity index (χ0) is 23.9. The van der Waals surface area contributed by atoms with Gasteiger partial charge < -0.3 is 26.2 Å². The van der Waals surface area contributed by atoms with Gasteiger partial charge in [0.15, 0.2) is 0 Å². The van der Waals surface area contributed by atoms with E-state index in [2.05, 4.69) is 5.32 Å². The van der Waals surface area contributed by atoms with Crippen LogP contribution in [-0.4, -0.2) is 62.4 Å². The topological polar surface area (TPSA) is 150 Å². The molecular formula is C21H29N3O6S. The van der Waals surface area contributed by atoms with Gasteiger partial charge in [-0.3, -0.25) is 14.4 Å². The van der Waals surface area contributed by atoms with Crippen LogP contribution in [0.1, 0.15) is 39.7 Å². The summed E-state index contributed by atoms with van der Waals surface area (Å²) in [5, 5.41) is 20.2. The minimum Gasteiger partial charge on any atom is -0.480 e. The van der Waals surface area contributed by atoms with Gasteiger partial charge in [-0.25, -0.2) is 4.79 Å². The third-order valence-electron chi connectivity index (χ3n) is 4.50.